The van der Waals surface area contributed by atoms with Gasteiger partial charge in [0.2, 0.25) is 0 Å². The molecule has 1 N–H and O–H groups in total. The normalized spacial score (nSPS) is 10.7. The molecule has 1 amide bonds. The Labute approximate surface area is 151 Å². The van der Waals surface area contributed by atoms with Crippen LogP contribution in [-0.2, 0) is 11.2 Å². The third-order valence-corrected chi connectivity index (χ3v) is 4.10. The molecule has 0 fully saturated rings. The van der Waals surface area contributed by atoms with Gasteiger partial charge in [-0.05, 0) is 43.0 Å². The van der Waals surface area contributed by atoms with Gasteiger partial charge in [-0.3, -0.25) is 4.79 Å². The Hall–Kier alpha value is -3.08. The smallest absolute Gasteiger partial charge is 0.336 e. The standard InChI is InChI=1S/C21H21NO4/c1-15-12-21(24)26-19-13-17(9-10-18(15)19)25-14-20(23)22-11-5-8-16-6-3-2-4-7-16/h2-4,6-7,9-10,12-13H,5,8,11,14H2,1H3,(H,22,23). The average Bonchev–Trinajstić information content (AvgIpc) is 2.64. The minimum atomic E-state index is -0.400. The van der Waals surface area contributed by atoms with Crippen LogP contribution in [0.4, 0.5) is 0 Å². The molecule has 0 bridgehead atoms. The number of benzene rings is 2. The van der Waals surface area contributed by atoms with Gasteiger partial charge in [-0.1, -0.05) is 30.3 Å². The number of fused-ring (bicyclic) bond motifs is 1. The van der Waals surface area contributed by atoms with E-state index in [1.165, 1.54) is 11.6 Å². The fourth-order valence-electron chi connectivity index (χ4n) is 2.76. The molecule has 0 aliphatic rings. The molecule has 1 heterocycles. The van der Waals surface area contributed by atoms with E-state index in [-0.39, 0.29) is 12.5 Å². The summed E-state index contributed by atoms with van der Waals surface area (Å²) in [5.74, 6) is 0.314. The molecule has 0 radical (unpaired) electrons. The third-order valence-electron chi connectivity index (χ3n) is 4.10. The molecule has 0 spiro atoms. The van der Waals surface area contributed by atoms with Crippen LogP contribution in [-0.4, -0.2) is 19.1 Å². The molecule has 3 rings (SSSR count). The number of nitrogens with one attached hydrogen (secondary N) is 1. The lowest BCUT2D eigenvalue weighted by atomic mass is 10.1. The lowest BCUT2D eigenvalue weighted by Gasteiger charge is -2.08. The number of hydrogen-bond donors (Lipinski definition) is 1. The maximum absolute atomic E-state index is 11.9. The molecule has 26 heavy (non-hydrogen) atoms. The van der Waals surface area contributed by atoms with Crippen LogP contribution in [0.3, 0.4) is 0 Å². The molecule has 1 aromatic heterocycles. The number of carbonyl (C=O) groups is 1. The summed E-state index contributed by atoms with van der Waals surface area (Å²) in [7, 11) is 0. The van der Waals surface area contributed by atoms with Gasteiger partial charge in [-0.2, -0.15) is 0 Å². The van der Waals surface area contributed by atoms with Crippen LogP contribution in [0.5, 0.6) is 5.75 Å². The number of ether oxygens (including phenoxy) is 1. The first-order valence-corrected chi connectivity index (χ1v) is 8.60. The Morgan fingerprint density at radius 3 is 2.73 bits per heavy atom. The van der Waals surface area contributed by atoms with E-state index in [0.29, 0.717) is 17.9 Å². The summed E-state index contributed by atoms with van der Waals surface area (Å²) >= 11 is 0. The van der Waals surface area contributed by atoms with Crippen molar-refractivity contribution < 1.29 is 13.9 Å². The maximum Gasteiger partial charge on any atom is 0.336 e. The molecule has 134 valence electrons. The van der Waals surface area contributed by atoms with E-state index in [4.69, 9.17) is 9.15 Å². The van der Waals surface area contributed by atoms with E-state index in [1.54, 1.807) is 12.1 Å². The van der Waals surface area contributed by atoms with Crippen LogP contribution >= 0.6 is 0 Å². The summed E-state index contributed by atoms with van der Waals surface area (Å²) in [5, 5.41) is 3.69. The van der Waals surface area contributed by atoms with Crippen molar-refractivity contribution in [2.75, 3.05) is 13.2 Å². The Morgan fingerprint density at radius 1 is 1.12 bits per heavy atom. The Balaban J connectivity index is 1.47. The summed E-state index contributed by atoms with van der Waals surface area (Å²) < 4.78 is 10.7. The van der Waals surface area contributed by atoms with Crippen molar-refractivity contribution in [3.8, 4) is 5.75 Å². The van der Waals surface area contributed by atoms with Crippen LogP contribution in [0.15, 0.2) is 63.8 Å². The van der Waals surface area contributed by atoms with Crippen LogP contribution in [0.25, 0.3) is 11.0 Å². The first kappa shape index (κ1) is 17.7. The van der Waals surface area contributed by atoms with E-state index >= 15 is 0 Å². The van der Waals surface area contributed by atoms with Gasteiger partial charge in [0.15, 0.2) is 6.61 Å². The SMILES string of the molecule is Cc1cc(=O)oc2cc(OCC(=O)NCCCc3ccccc3)ccc12. The fraction of sp³-hybridized carbons (Fsp3) is 0.238. The second-order valence-corrected chi connectivity index (χ2v) is 6.13. The maximum atomic E-state index is 11.9. The van der Waals surface area contributed by atoms with Crippen molar-refractivity contribution in [3.63, 3.8) is 0 Å². The van der Waals surface area contributed by atoms with E-state index in [9.17, 15) is 9.59 Å². The first-order valence-electron chi connectivity index (χ1n) is 8.60. The summed E-state index contributed by atoms with van der Waals surface area (Å²) in [5.41, 5.74) is 2.16. The molecular formula is C21H21NO4. The van der Waals surface area contributed by atoms with Gasteiger partial charge in [0.25, 0.3) is 5.91 Å². The van der Waals surface area contributed by atoms with E-state index in [0.717, 1.165) is 23.8 Å². The van der Waals surface area contributed by atoms with Gasteiger partial charge in [0, 0.05) is 24.1 Å². The molecule has 0 aliphatic heterocycles. The number of amides is 1. The quantitative estimate of drug-likeness (QED) is 0.524. The lowest BCUT2D eigenvalue weighted by molar-refractivity contribution is -0.123. The zero-order valence-corrected chi connectivity index (χ0v) is 14.7. The topological polar surface area (TPSA) is 68.5 Å². The predicted molar refractivity (Wildman–Crippen MR) is 100 cm³/mol. The second kappa shape index (κ2) is 8.34. The largest absolute Gasteiger partial charge is 0.484 e. The minimum Gasteiger partial charge on any atom is -0.484 e. The zero-order chi connectivity index (χ0) is 18.4. The van der Waals surface area contributed by atoms with Crippen molar-refractivity contribution in [1.29, 1.82) is 0 Å². The first-order chi connectivity index (χ1) is 12.6. The Kier molecular flexibility index (Phi) is 5.69. The van der Waals surface area contributed by atoms with Crippen molar-refractivity contribution in [3.05, 3.63) is 76.1 Å². The monoisotopic (exact) mass is 351 g/mol. The Bertz CT molecular complexity index is 947. The molecule has 5 nitrogen and oxygen atoms in total. The number of carbonyl (C=O) groups excluding carboxylic acids is 1. The van der Waals surface area contributed by atoms with E-state index in [1.807, 2.05) is 31.2 Å². The van der Waals surface area contributed by atoms with Crippen LogP contribution in [0.1, 0.15) is 17.5 Å². The van der Waals surface area contributed by atoms with Gasteiger partial charge in [-0.25, -0.2) is 4.79 Å². The van der Waals surface area contributed by atoms with Crippen LogP contribution < -0.4 is 15.7 Å². The highest BCUT2D eigenvalue weighted by Gasteiger charge is 2.06. The average molecular weight is 351 g/mol. The van der Waals surface area contributed by atoms with Gasteiger partial charge < -0.3 is 14.5 Å². The highest BCUT2D eigenvalue weighted by atomic mass is 16.5. The number of rotatable bonds is 7. The molecular weight excluding hydrogens is 330 g/mol. The molecule has 0 aliphatic carbocycles. The van der Waals surface area contributed by atoms with Crippen LogP contribution in [0.2, 0.25) is 0 Å². The number of hydrogen-bond acceptors (Lipinski definition) is 4. The molecule has 3 aromatic rings. The lowest BCUT2D eigenvalue weighted by Crippen LogP contribution is -2.29. The number of aryl methyl sites for hydroxylation is 2. The van der Waals surface area contributed by atoms with Gasteiger partial charge in [0.1, 0.15) is 11.3 Å². The van der Waals surface area contributed by atoms with Gasteiger partial charge >= 0.3 is 5.63 Å². The summed E-state index contributed by atoms with van der Waals surface area (Å²) in [6.07, 6.45) is 1.79. The third kappa shape index (κ3) is 4.72. The van der Waals surface area contributed by atoms with Crippen molar-refractivity contribution in [1.82, 2.24) is 5.32 Å². The highest BCUT2D eigenvalue weighted by Crippen LogP contribution is 2.22. The van der Waals surface area contributed by atoms with Gasteiger partial charge in [-0.15, -0.1) is 0 Å². The van der Waals surface area contributed by atoms with Crippen molar-refractivity contribution in [2.24, 2.45) is 0 Å². The summed E-state index contributed by atoms with van der Waals surface area (Å²) in [6, 6.07) is 16.8. The van der Waals surface area contributed by atoms with Gasteiger partial charge in [0.05, 0.1) is 0 Å². The molecule has 2 aromatic carbocycles. The van der Waals surface area contributed by atoms with E-state index < -0.39 is 5.63 Å². The van der Waals surface area contributed by atoms with E-state index in [2.05, 4.69) is 17.4 Å². The fourth-order valence-corrected chi connectivity index (χ4v) is 2.76. The zero-order valence-electron chi connectivity index (χ0n) is 14.7. The molecule has 0 unspecified atom stereocenters. The van der Waals surface area contributed by atoms with Crippen molar-refractivity contribution in [2.45, 2.75) is 19.8 Å². The van der Waals surface area contributed by atoms with Crippen LogP contribution in [0, 0.1) is 6.92 Å². The second-order valence-electron chi connectivity index (χ2n) is 6.13. The summed E-state index contributed by atoms with van der Waals surface area (Å²) in [4.78, 5) is 23.3. The minimum absolute atomic E-state index is 0.0765. The molecule has 0 saturated heterocycles. The molecule has 5 heteroatoms. The van der Waals surface area contributed by atoms with Crippen molar-refractivity contribution >= 4 is 16.9 Å². The molecule has 0 saturated carbocycles. The summed E-state index contributed by atoms with van der Waals surface area (Å²) in [6.45, 7) is 2.37. The Morgan fingerprint density at radius 2 is 1.92 bits per heavy atom. The highest BCUT2D eigenvalue weighted by molar-refractivity contribution is 5.81. The predicted octanol–water partition coefficient (Wildman–Crippen LogP) is 3.23. The molecule has 0 atom stereocenters.